The van der Waals surface area contributed by atoms with E-state index in [2.05, 4.69) is 30.6 Å². The van der Waals surface area contributed by atoms with E-state index in [0.717, 1.165) is 33.3 Å². The molecule has 0 aliphatic rings. The van der Waals surface area contributed by atoms with Crippen molar-refractivity contribution >= 4 is 45.0 Å². The summed E-state index contributed by atoms with van der Waals surface area (Å²) in [5, 5.41) is 18.2. The van der Waals surface area contributed by atoms with Crippen molar-refractivity contribution in [3.63, 3.8) is 0 Å². The molecule has 0 radical (unpaired) electrons. The molecule has 35 heavy (non-hydrogen) atoms. The SMILES string of the molecule is O=C(NCCc1nnc2ccccn12)c1nn(Cc2ncc3cc(Cl)ccc3n2)c2ccccc12. The molecule has 6 aromatic rings. The maximum absolute atomic E-state index is 13.0. The number of nitrogens with one attached hydrogen (secondary N) is 1. The van der Waals surface area contributed by atoms with Crippen LogP contribution in [0.1, 0.15) is 22.1 Å². The van der Waals surface area contributed by atoms with Crippen LogP contribution in [-0.2, 0) is 13.0 Å². The van der Waals surface area contributed by atoms with Gasteiger partial charge in [-0.15, -0.1) is 10.2 Å². The molecule has 0 fully saturated rings. The number of amides is 1. The van der Waals surface area contributed by atoms with Gasteiger partial charge in [0.05, 0.1) is 11.0 Å². The second kappa shape index (κ2) is 8.77. The van der Waals surface area contributed by atoms with E-state index in [1.807, 2.05) is 65.2 Å². The highest BCUT2D eigenvalue weighted by atomic mass is 35.5. The predicted octanol–water partition coefficient (Wildman–Crippen LogP) is 3.70. The average Bonchev–Trinajstić information content (AvgIpc) is 3.46. The van der Waals surface area contributed by atoms with Crippen molar-refractivity contribution in [2.24, 2.45) is 0 Å². The van der Waals surface area contributed by atoms with Crippen molar-refractivity contribution in [2.45, 2.75) is 13.0 Å². The molecule has 0 bridgehead atoms. The molecule has 0 spiro atoms. The third-order valence-corrected chi connectivity index (χ3v) is 6.01. The van der Waals surface area contributed by atoms with Crippen LogP contribution in [0.3, 0.4) is 0 Å². The number of pyridine rings is 1. The summed E-state index contributed by atoms with van der Waals surface area (Å²) in [4.78, 5) is 22.1. The number of hydrogen-bond donors (Lipinski definition) is 1. The lowest BCUT2D eigenvalue weighted by molar-refractivity contribution is 0.0949. The van der Waals surface area contributed by atoms with Crippen molar-refractivity contribution in [1.82, 2.24) is 39.7 Å². The molecule has 4 heterocycles. The van der Waals surface area contributed by atoms with E-state index in [-0.39, 0.29) is 5.91 Å². The van der Waals surface area contributed by atoms with E-state index in [4.69, 9.17) is 11.6 Å². The zero-order valence-electron chi connectivity index (χ0n) is 18.5. The number of fused-ring (bicyclic) bond motifs is 3. The molecule has 0 saturated heterocycles. The molecule has 172 valence electrons. The lowest BCUT2D eigenvalue weighted by Gasteiger charge is -2.04. The molecule has 0 unspecified atom stereocenters. The molecule has 10 heteroatoms. The number of halogens is 1. The fourth-order valence-electron chi connectivity index (χ4n) is 4.10. The van der Waals surface area contributed by atoms with Crippen LogP contribution >= 0.6 is 11.6 Å². The van der Waals surface area contributed by atoms with Crippen molar-refractivity contribution < 1.29 is 4.79 Å². The minimum atomic E-state index is -0.247. The first-order valence-electron chi connectivity index (χ1n) is 11.1. The van der Waals surface area contributed by atoms with Gasteiger partial charge in [-0.05, 0) is 36.4 Å². The number of benzene rings is 2. The number of carbonyl (C=O) groups excluding carboxylic acids is 1. The van der Waals surface area contributed by atoms with Crippen LogP contribution in [0.4, 0.5) is 0 Å². The van der Waals surface area contributed by atoms with Gasteiger partial charge in [-0.1, -0.05) is 35.9 Å². The summed E-state index contributed by atoms with van der Waals surface area (Å²) in [6.45, 7) is 0.740. The number of para-hydroxylation sites is 1. The zero-order valence-corrected chi connectivity index (χ0v) is 19.2. The van der Waals surface area contributed by atoms with E-state index in [9.17, 15) is 4.79 Å². The molecule has 0 atom stereocenters. The first-order chi connectivity index (χ1) is 17.2. The summed E-state index contributed by atoms with van der Waals surface area (Å²) >= 11 is 6.06. The van der Waals surface area contributed by atoms with Crippen LogP contribution in [0.25, 0.3) is 27.5 Å². The molecule has 6 rings (SSSR count). The van der Waals surface area contributed by atoms with Gasteiger partial charge in [0.1, 0.15) is 18.2 Å². The van der Waals surface area contributed by atoms with Crippen molar-refractivity contribution in [1.29, 1.82) is 0 Å². The maximum atomic E-state index is 13.0. The van der Waals surface area contributed by atoms with Crippen LogP contribution in [0.5, 0.6) is 0 Å². The summed E-state index contributed by atoms with van der Waals surface area (Å²) in [6.07, 6.45) is 4.20. The van der Waals surface area contributed by atoms with Crippen LogP contribution < -0.4 is 5.32 Å². The number of nitrogens with zero attached hydrogens (tertiary/aromatic N) is 7. The molecule has 0 aliphatic carbocycles. The van der Waals surface area contributed by atoms with Gasteiger partial charge in [-0.3, -0.25) is 13.9 Å². The summed E-state index contributed by atoms with van der Waals surface area (Å²) in [5.41, 5.74) is 2.77. The van der Waals surface area contributed by atoms with Crippen LogP contribution in [0, 0.1) is 0 Å². The van der Waals surface area contributed by atoms with E-state index in [0.29, 0.717) is 36.1 Å². The normalized spacial score (nSPS) is 11.5. The van der Waals surface area contributed by atoms with Crippen molar-refractivity contribution in [2.75, 3.05) is 6.54 Å². The Kier molecular flexibility index (Phi) is 5.31. The van der Waals surface area contributed by atoms with E-state index < -0.39 is 0 Å². The largest absolute Gasteiger partial charge is 0.350 e. The molecular formula is C25H19ClN8O. The van der Waals surface area contributed by atoms with Gasteiger partial charge in [0, 0.05) is 41.2 Å². The number of hydrogen-bond acceptors (Lipinski definition) is 6. The summed E-state index contributed by atoms with van der Waals surface area (Å²) in [6, 6.07) is 18.9. The summed E-state index contributed by atoms with van der Waals surface area (Å²) in [7, 11) is 0. The number of aromatic nitrogens is 7. The smallest absolute Gasteiger partial charge is 0.272 e. The summed E-state index contributed by atoms with van der Waals surface area (Å²) in [5.74, 6) is 1.13. The number of carbonyl (C=O) groups is 1. The third-order valence-electron chi connectivity index (χ3n) is 5.77. The van der Waals surface area contributed by atoms with Gasteiger partial charge in [-0.25, -0.2) is 9.97 Å². The maximum Gasteiger partial charge on any atom is 0.272 e. The Balaban J connectivity index is 1.23. The van der Waals surface area contributed by atoms with Crippen LogP contribution in [-0.4, -0.2) is 46.8 Å². The lowest BCUT2D eigenvalue weighted by Crippen LogP contribution is -2.27. The van der Waals surface area contributed by atoms with Gasteiger partial charge in [0.15, 0.2) is 11.3 Å². The molecule has 2 aromatic carbocycles. The highest BCUT2D eigenvalue weighted by molar-refractivity contribution is 6.31. The van der Waals surface area contributed by atoms with Gasteiger partial charge in [-0.2, -0.15) is 5.10 Å². The average molecular weight is 483 g/mol. The van der Waals surface area contributed by atoms with Gasteiger partial charge in [0.25, 0.3) is 5.91 Å². The van der Waals surface area contributed by atoms with Crippen LogP contribution in [0.15, 0.2) is 73.1 Å². The second-order valence-corrected chi connectivity index (χ2v) is 8.50. The summed E-state index contributed by atoms with van der Waals surface area (Å²) < 4.78 is 3.67. The Morgan fingerprint density at radius 3 is 2.86 bits per heavy atom. The second-order valence-electron chi connectivity index (χ2n) is 8.06. The van der Waals surface area contributed by atoms with Gasteiger partial charge < -0.3 is 5.32 Å². The monoisotopic (exact) mass is 482 g/mol. The molecule has 0 aliphatic heterocycles. The Labute approximate surface area is 204 Å². The molecule has 1 N–H and O–H groups in total. The Morgan fingerprint density at radius 2 is 1.91 bits per heavy atom. The third kappa shape index (κ3) is 4.06. The molecule has 9 nitrogen and oxygen atoms in total. The molecule has 4 aromatic heterocycles. The first-order valence-corrected chi connectivity index (χ1v) is 11.5. The van der Waals surface area contributed by atoms with Gasteiger partial charge >= 0.3 is 0 Å². The topological polar surface area (TPSA) is 103 Å². The lowest BCUT2D eigenvalue weighted by atomic mass is 10.2. The predicted molar refractivity (Wildman–Crippen MR) is 132 cm³/mol. The van der Waals surface area contributed by atoms with Crippen LogP contribution in [0.2, 0.25) is 5.02 Å². The molecule has 1 amide bonds. The highest BCUT2D eigenvalue weighted by Crippen LogP contribution is 2.21. The van der Waals surface area contributed by atoms with Gasteiger partial charge in [0.2, 0.25) is 0 Å². The number of rotatable bonds is 6. The minimum absolute atomic E-state index is 0.247. The fourth-order valence-corrected chi connectivity index (χ4v) is 4.28. The zero-order chi connectivity index (χ0) is 23.8. The molecular weight excluding hydrogens is 464 g/mol. The van der Waals surface area contributed by atoms with Crippen molar-refractivity contribution in [3.8, 4) is 0 Å². The first kappa shape index (κ1) is 21.2. The standard InChI is InChI=1S/C25H19ClN8O/c26-17-8-9-19-16(13-17)14-28-21(29-19)15-34-20-6-2-1-5-18(20)24(32-34)25(35)27-11-10-23-31-30-22-7-3-4-12-33(22)23/h1-9,12-14H,10-11,15H2,(H,27,35). The highest BCUT2D eigenvalue weighted by Gasteiger charge is 2.18. The Hall–Kier alpha value is -4.37. The van der Waals surface area contributed by atoms with Crippen molar-refractivity contribution in [3.05, 3.63) is 95.4 Å². The van der Waals surface area contributed by atoms with E-state index in [1.165, 1.54) is 0 Å². The minimum Gasteiger partial charge on any atom is -0.350 e. The Morgan fingerprint density at radius 1 is 1.03 bits per heavy atom. The Bertz CT molecular complexity index is 1710. The molecule has 0 saturated carbocycles. The van der Waals surface area contributed by atoms with E-state index in [1.54, 1.807) is 16.9 Å². The van der Waals surface area contributed by atoms with E-state index >= 15 is 0 Å². The fraction of sp³-hybridized carbons (Fsp3) is 0.120. The quantitative estimate of drug-likeness (QED) is 0.388.